The van der Waals surface area contributed by atoms with Crippen molar-refractivity contribution in [2.24, 2.45) is 5.92 Å². The molecule has 1 unspecified atom stereocenters. The lowest BCUT2D eigenvalue weighted by atomic mass is 9.87. The number of nitrogens with zero attached hydrogens (tertiary/aromatic N) is 1. The van der Waals surface area contributed by atoms with Crippen LogP contribution in [0.25, 0.3) is 0 Å². The van der Waals surface area contributed by atoms with Gasteiger partial charge in [0.1, 0.15) is 29.3 Å². The van der Waals surface area contributed by atoms with Crippen LogP contribution in [0.2, 0.25) is 0 Å². The molecule has 3 aromatic rings. The predicted molar refractivity (Wildman–Crippen MR) is 182 cm³/mol. The van der Waals surface area contributed by atoms with Crippen molar-refractivity contribution in [1.82, 2.24) is 10.2 Å². The number of rotatable bonds is 11. The number of hydrogen-bond donors (Lipinski definition) is 2. The van der Waals surface area contributed by atoms with Crippen molar-refractivity contribution >= 4 is 17.8 Å². The lowest BCUT2D eigenvalue weighted by Crippen LogP contribution is -2.56. The maximum Gasteiger partial charge on any atom is 0.326 e. The summed E-state index contributed by atoms with van der Waals surface area (Å²) in [7, 11) is 0. The van der Waals surface area contributed by atoms with Gasteiger partial charge in [0.05, 0.1) is 6.10 Å². The minimum Gasteiger partial charge on any atom is -0.491 e. The number of benzene rings is 3. The van der Waals surface area contributed by atoms with E-state index < -0.39 is 24.0 Å². The summed E-state index contributed by atoms with van der Waals surface area (Å²) < 4.78 is 11.9. The Kier molecular flexibility index (Phi) is 10.6. The first-order valence-electron chi connectivity index (χ1n) is 16.8. The van der Waals surface area contributed by atoms with Crippen molar-refractivity contribution in [3.8, 4) is 17.2 Å². The Morgan fingerprint density at radius 2 is 1.53 bits per heavy atom. The summed E-state index contributed by atoms with van der Waals surface area (Å²) in [5, 5.41) is 12.8. The topological polar surface area (TPSA) is 105 Å². The number of carboxylic acid groups (broad SMARTS) is 1. The Bertz CT molecular complexity index is 1550. The molecule has 0 spiro atoms. The van der Waals surface area contributed by atoms with Gasteiger partial charge in [-0.3, -0.25) is 9.59 Å². The number of fused-ring (bicyclic) bond motifs is 1. The van der Waals surface area contributed by atoms with Gasteiger partial charge >= 0.3 is 5.97 Å². The highest BCUT2D eigenvalue weighted by molar-refractivity contribution is 5.91. The SMILES string of the molecule is CC(C)Oc1ccc(CC(NC(=O)[C@@H]2Cc3ccc(Oc4ccc(C(C)(C)C)cc4)cc3CN2C(=O)CC2CCCC2)C(=O)O)cc1. The smallest absolute Gasteiger partial charge is 0.326 e. The molecule has 5 rings (SSSR count). The molecule has 2 N–H and O–H groups in total. The fourth-order valence-corrected chi connectivity index (χ4v) is 6.54. The average molecular weight is 641 g/mol. The summed E-state index contributed by atoms with van der Waals surface area (Å²) >= 11 is 0. The zero-order valence-electron chi connectivity index (χ0n) is 28.3. The Morgan fingerprint density at radius 1 is 0.894 bits per heavy atom. The van der Waals surface area contributed by atoms with Crippen LogP contribution < -0.4 is 14.8 Å². The van der Waals surface area contributed by atoms with Crippen molar-refractivity contribution in [2.45, 2.75) is 110 Å². The minimum absolute atomic E-state index is 0.0248. The standard InChI is InChI=1S/C39H48N2O6/c1-25(2)46-31-15-10-27(11-16-31)20-34(38(44)45)40-37(43)35-23-28-12-17-33(47-32-18-13-30(14-19-32)39(3,4)5)22-29(28)24-41(35)36(42)21-26-8-6-7-9-26/h10-19,22,25-26,34-35H,6-9,20-21,23-24H2,1-5H3,(H,40,43)(H,44,45)/t34?,35-/m0/s1. The molecule has 2 amide bonds. The molecule has 0 saturated heterocycles. The van der Waals surface area contributed by atoms with Gasteiger partial charge in [-0.15, -0.1) is 0 Å². The predicted octanol–water partition coefficient (Wildman–Crippen LogP) is 7.21. The number of carboxylic acids is 1. The molecule has 8 heteroatoms. The van der Waals surface area contributed by atoms with Gasteiger partial charge in [0.25, 0.3) is 0 Å². The molecule has 47 heavy (non-hydrogen) atoms. The number of hydrogen-bond acceptors (Lipinski definition) is 5. The van der Waals surface area contributed by atoms with Crippen molar-refractivity contribution in [1.29, 1.82) is 0 Å². The average Bonchev–Trinajstić information content (AvgIpc) is 3.53. The van der Waals surface area contributed by atoms with Gasteiger partial charge < -0.3 is 24.8 Å². The van der Waals surface area contributed by atoms with Crippen LogP contribution in [0.3, 0.4) is 0 Å². The monoisotopic (exact) mass is 640 g/mol. The van der Waals surface area contributed by atoms with Gasteiger partial charge in [-0.25, -0.2) is 4.79 Å². The molecule has 3 aromatic carbocycles. The first-order valence-corrected chi connectivity index (χ1v) is 16.8. The normalized spacial score (nSPS) is 17.2. The van der Waals surface area contributed by atoms with Crippen molar-refractivity contribution in [2.75, 3.05) is 0 Å². The van der Waals surface area contributed by atoms with Gasteiger partial charge in [0.2, 0.25) is 11.8 Å². The number of ether oxygens (including phenoxy) is 2. The molecule has 2 atom stereocenters. The van der Waals surface area contributed by atoms with Crippen LogP contribution >= 0.6 is 0 Å². The molecule has 0 radical (unpaired) electrons. The highest BCUT2D eigenvalue weighted by Gasteiger charge is 2.37. The molecule has 0 aromatic heterocycles. The van der Waals surface area contributed by atoms with Gasteiger partial charge in [-0.2, -0.15) is 0 Å². The minimum atomic E-state index is -1.15. The molecule has 1 saturated carbocycles. The first-order chi connectivity index (χ1) is 22.4. The second kappa shape index (κ2) is 14.6. The van der Waals surface area contributed by atoms with E-state index in [0.717, 1.165) is 48.1 Å². The fourth-order valence-electron chi connectivity index (χ4n) is 6.54. The van der Waals surface area contributed by atoms with Gasteiger partial charge in [0.15, 0.2) is 0 Å². The molecular weight excluding hydrogens is 592 g/mol. The number of carbonyl (C=O) groups is 3. The third-order valence-corrected chi connectivity index (χ3v) is 9.17. The Labute approximate surface area is 278 Å². The van der Waals surface area contributed by atoms with E-state index in [1.807, 2.05) is 56.3 Å². The highest BCUT2D eigenvalue weighted by Crippen LogP contribution is 2.33. The molecule has 8 nitrogen and oxygen atoms in total. The Balaban J connectivity index is 1.33. The lowest BCUT2D eigenvalue weighted by molar-refractivity contribution is -0.145. The van der Waals surface area contributed by atoms with Crippen LogP contribution in [-0.4, -0.2) is 46.0 Å². The largest absolute Gasteiger partial charge is 0.491 e. The fraction of sp³-hybridized carbons (Fsp3) is 0.462. The van der Waals surface area contributed by atoms with Crippen LogP contribution in [0.4, 0.5) is 0 Å². The second-order valence-corrected chi connectivity index (χ2v) is 14.3. The highest BCUT2D eigenvalue weighted by atomic mass is 16.5. The third-order valence-electron chi connectivity index (χ3n) is 9.17. The van der Waals surface area contributed by atoms with Crippen LogP contribution in [-0.2, 0) is 39.2 Å². The van der Waals surface area contributed by atoms with E-state index in [1.165, 1.54) is 5.56 Å². The van der Waals surface area contributed by atoms with Gasteiger partial charge in [-0.05, 0) is 96.7 Å². The molecule has 1 heterocycles. The van der Waals surface area contributed by atoms with E-state index in [4.69, 9.17) is 9.47 Å². The van der Waals surface area contributed by atoms with Crippen molar-refractivity contribution in [3.63, 3.8) is 0 Å². The second-order valence-electron chi connectivity index (χ2n) is 14.3. The van der Waals surface area contributed by atoms with Crippen LogP contribution in [0.5, 0.6) is 17.2 Å². The van der Waals surface area contributed by atoms with E-state index in [2.05, 4.69) is 38.2 Å². The molecule has 0 bridgehead atoms. The van der Waals surface area contributed by atoms with Gasteiger partial charge in [0, 0.05) is 25.8 Å². The molecule has 1 aliphatic heterocycles. The van der Waals surface area contributed by atoms with E-state index in [1.54, 1.807) is 17.0 Å². The van der Waals surface area contributed by atoms with Crippen molar-refractivity contribution in [3.05, 3.63) is 89.0 Å². The van der Waals surface area contributed by atoms with E-state index in [-0.39, 0.29) is 30.4 Å². The Morgan fingerprint density at radius 3 is 2.15 bits per heavy atom. The summed E-state index contributed by atoms with van der Waals surface area (Å²) in [5.74, 6) is 0.743. The lowest BCUT2D eigenvalue weighted by Gasteiger charge is -2.37. The first kappa shape index (κ1) is 34.0. The van der Waals surface area contributed by atoms with E-state index in [9.17, 15) is 19.5 Å². The van der Waals surface area contributed by atoms with Crippen LogP contribution in [0, 0.1) is 5.92 Å². The van der Waals surface area contributed by atoms with Crippen LogP contribution in [0.15, 0.2) is 66.7 Å². The number of amides is 2. The summed E-state index contributed by atoms with van der Waals surface area (Å²) in [6.45, 7) is 10.6. The Hall–Kier alpha value is -4.33. The molecule has 1 aliphatic carbocycles. The summed E-state index contributed by atoms with van der Waals surface area (Å²) in [6, 6.07) is 19.1. The van der Waals surface area contributed by atoms with Crippen molar-refractivity contribution < 1.29 is 29.0 Å². The number of nitrogens with one attached hydrogen (secondary N) is 1. The number of aliphatic carboxylic acids is 1. The van der Waals surface area contributed by atoms with Gasteiger partial charge in [-0.1, -0.05) is 63.9 Å². The molecule has 1 fully saturated rings. The molecule has 2 aliphatic rings. The summed E-state index contributed by atoms with van der Waals surface area (Å²) in [6.07, 6.45) is 5.09. The number of carbonyl (C=O) groups excluding carboxylic acids is 2. The van der Waals surface area contributed by atoms with E-state index in [0.29, 0.717) is 30.3 Å². The quantitative estimate of drug-likeness (QED) is 0.230. The summed E-state index contributed by atoms with van der Waals surface area (Å²) in [4.78, 5) is 41.6. The molecule has 250 valence electrons. The summed E-state index contributed by atoms with van der Waals surface area (Å²) in [5.41, 5.74) is 3.89. The van der Waals surface area contributed by atoms with Crippen LogP contribution in [0.1, 0.15) is 89.0 Å². The third kappa shape index (κ3) is 8.93. The maximum atomic E-state index is 13.8. The molecular formula is C39H48N2O6. The zero-order chi connectivity index (χ0) is 33.7. The maximum absolute atomic E-state index is 13.8. The van der Waals surface area contributed by atoms with E-state index >= 15 is 0 Å². The zero-order valence-corrected chi connectivity index (χ0v) is 28.3.